The molecule has 2 aromatic carbocycles. The van der Waals surface area contributed by atoms with Crippen LogP contribution in [-0.4, -0.2) is 30.9 Å². The largest absolute Gasteiger partial charge is 0.508 e. The number of aromatic hydroxyl groups is 1. The number of unbranched alkanes of at least 4 members (excludes halogenated alkanes) is 1. The summed E-state index contributed by atoms with van der Waals surface area (Å²) in [6.07, 6.45) is 3.49. The van der Waals surface area contributed by atoms with Crippen molar-refractivity contribution in [2.45, 2.75) is 82.4 Å². The van der Waals surface area contributed by atoms with Gasteiger partial charge < -0.3 is 10.4 Å². The highest BCUT2D eigenvalue weighted by Crippen LogP contribution is 2.40. The normalized spacial score (nSPS) is 22.8. The monoisotopic (exact) mass is 444 g/mol. The van der Waals surface area contributed by atoms with Gasteiger partial charge >= 0.3 is 0 Å². The van der Waals surface area contributed by atoms with Crippen molar-refractivity contribution in [3.63, 3.8) is 0 Å². The molecule has 3 rings (SSSR count). The van der Waals surface area contributed by atoms with Crippen LogP contribution in [0.1, 0.15) is 76.1 Å². The minimum absolute atomic E-state index is 0.0641. The summed E-state index contributed by atoms with van der Waals surface area (Å²) in [5, 5.41) is 17.8. The van der Waals surface area contributed by atoms with Gasteiger partial charge in [-0.1, -0.05) is 70.9 Å². The Labute approximate surface area is 187 Å². The Morgan fingerprint density at radius 1 is 1.19 bits per heavy atom. The standard InChI is InChI=1S/C25H36N2O3S/c1-5-7-13-25(6-2)17-31(29,30)23-14-20(16-26-18(3)4)22(28)15-21(23)24(27-25)19-11-9-8-10-12-19/h8-12,14-15,18,24,26-28H,5-7,13,16-17H2,1-4H3/t24-,25-/m1/s1. The van der Waals surface area contributed by atoms with Crippen molar-refractivity contribution in [1.82, 2.24) is 10.6 Å². The second kappa shape index (κ2) is 9.72. The predicted molar refractivity (Wildman–Crippen MR) is 126 cm³/mol. The first-order chi connectivity index (χ1) is 14.7. The third-order valence-corrected chi connectivity index (χ3v) is 8.25. The Kier molecular flexibility index (Phi) is 7.45. The molecule has 0 fully saturated rings. The van der Waals surface area contributed by atoms with Gasteiger partial charge in [0.15, 0.2) is 9.84 Å². The number of benzene rings is 2. The van der Waals surface area contributed by atoms with Crippen LogP contribution >= 0.6 is 0 Å². The van der Waals surface area contributed by atoms with Crippen molar-refractivity contribution in [2.75, 3.05) is 5.75 Å². The van der Waals surface area contributed by atoms with Crippen molar-refractivity contribution < 1.29 is 13.5 Å². The second-order valence-electron chi connectivity index (χ2n) is 9.04. The van der Waals surface area contributed by atoms with E-state index in [-0.39, 0.29) is 23.6 Å². The highest BCUT2D eigenvalue weighted by Gasteiger charge is 2.42. The molecule has 1 heterocycles. The summed E-state index contributed by atoms with van der Waals surface area (Å²) in [6, 6.07) is 13.2. The van der Waals surface area contributed by atoms with E-state index in [4.69, 9.17) is 0 Å². The second-order valence-corrected chi connectivity index (χ2v) is 11.0. The molecule has 6 heteroatoms. The van der Waals surface area contributed by atoms with Crippen LogP contribution in [0, 0.1) is 0 Å². The summed E-state index contributed by atoms with van der Waals surface area (Å²) in [5.41, 5.74) is 1.73. The third-order valence-electron chi connectivity index (χ3n) is 6.29. The van der Waals surface area contributed by atoms with Gasteiger partial charge in [-0.05, 0) is 36.1 Å². The van der Waals surface area contributed by atoms with E-state index in [1.165, 1.54) is 0 Å². The van der Waals surface area contributed by atoms with Crippen molar-refractivity contribution >= 4 is 9.84 Å². The van der Waals surface area contributed by atoms with Gasteiger partial charge in [0.1, 0.15) is 5.75 Å². The molecule has 0 amide bonds. The van der Waals surface area contributed by atoms with Gasteiger partial charge in [0.25, 0.3) is 0 Å². The summed E-state index contributed by atoms with van der Waals surface area (Å²) >= 11 is 0. The van der Waals surface area contributed by atoms with Crippen LogP contribution in [0.4, 0.5) is 0 Å². The number of fused-ring (bicyclic) bond motifs is 1. The molecule has 0 bridgehead atoms. The molecule has 3 N–H and O–H groups in total. The highest BCUT2D eigenvalue weighted by atomic mass is 32.2. The molecule has 0 saturated heterocycles. The Morgan fingerprint density at radius 2 is 1.90 bits per heavy atom. The van der Waals surface area contributed by atoms with Gasteiger partial charge in [0.2, 0.25) is 0 Å². The van der Waals surface area contributed by atoms with Crippen LogP contribution in [0.15, 0.2) is 47.4 Å². The Morgan fingerprint density at radius 3 is 2.52 bits per heavy atom. The van der Waals surface area contributed by atoms with Gasteiger partial charge in [0, 0.05) is 23.7 Å². The maximum atomic E-state index is 13.7. The molecule has 170 valence electrons. The van der Waals surface area contributed by atoms with Crippen molar-refractivity contribution in [3.8, 4) is 5.75 Å². The van der Waals surface area contributed by atoms with Crippen LogP contribution in [0.5, 0.6) is 5.75 Å². The minimum atomic E-state index is -3.55. The molecule has 0 radical (unpaired) electrons. The number of sulfone groups is 1. The van der Waals surface area contributed by atoms with Crippen molar-refractivity contribution in [3.05, 3.63) is 59.2 Å². The minimum Gasteiger partial charge on any atom is -0.508 e. The zero-order valence-corrected chi connectivity index (χ0v) is 19.9. The van der Waals surface area contributed by atoms with Crippen LogP contribution in [0.2, 0.25) is 0 Å². The van der Waals surface area contributed by atoms with Gasteiger partial charge in [-0.2, -0.15) is 0 Å². The zero-order chi connectivity index (χ0) is 22.6. The molecular formula is C25H36N2O3S. The maximum Gasteiger partial charge on any atom is 0.180 e. The zero-order valence-electron chi connectivity index (χ0n) is 19.1. The summed E-state index contributed by atoms with van der Waals surface area (Å²) in [7, 11) is -3.55. The van der Waals surface area contributed by atoms with Gasteiger partial charge in [-0.25, -0.2) is 8.42 Å². The summed E-state index contributed by atoms with van der Waals surface area (Å²) < 4.78 is 27.3. The number of nitrogens with one attached hydrogen (secondary N) is 2. The lowest BCUT2D eigenvalue weighted by molar-refractivity contribution is 0.294. The summed E-state index contributed by atoms with van der Waals surface area (Å²) in [5.74, 6) is 0.191. The van der Waals surface area contributed by atoms with Gasteiger partial charge in [0.05, 0.1) is 16.7 Å². The molecular weight excluding hydrogens is 408 g/mol. The molecule has 0 saturated carbocycles. The fourth-order valence-electron chi connectivity index (χ4n) is 4.39. The van der Waals surface area contributed by atoms with Gasteiger partial charge in [-0.15, -0.1) is 0 Å². The molecule has 0 unspecified atom stereocenters. The van der Waals surface area contributed by atoms with Gasteiger partial charge in [-0.3, -0.25) is 5.32 Å². The molecule has 0 aliphatic carbocycles. The fraction of sp³-hybridized carbons (Fsp3) is 0.520. The molecule has 1 aliphatic rings. The topological polar surface area (TPSA) is 78.4 Å². The number of phenols is 1. The smallest absolute Gasteiger partial charge is 0.180 e. The molecule has 0 aromatic heterocycles. The Balaban J connectivity index is 2.19. The first-order valence-corrected chi connectivity index (χ1v) is 13.0. The van der Waals surface area contributed by atoms with Crippen molar-refractivity contribution in [2.24, 2.45) is 0 Å². The lowest BCUT2D eigenvalue weighted by atomic mass is 9.88. The molecule has 0 spiro atoms. The lowest BCUT2D eigenvalue weighted by Crippen LogP contribution is -2.50. The third kappa shape index (κ3) is 5.30. The summed E-state index contributed by atoms with van der Waals surface area (Å²) in [6.45, 7) is 8.66. The molecule has 2 aromatic rings. The quantitative estimate of drug-likeness (QED) is 0.550. The van der Waals surface area contributed by atoms with E-state index in [0.717, 1.165) is 31.2 Å². The average molecular weight is 445 g/mol. The van der Waals surface area contributed by atoms with E-state index in [1.807, 2.05) is 44.2 Å². The van der Waals surface area contributed by atoms with E-state index in [2.05, 4.69) is 24.5 Å². The van der Waals surface area contributed by atoms with E-state index < -0.39 is 15.4 Å². The van der Waals surface area contributed by atoms with Crippen LogP contribution in [0.25, 0.3) is 0 Å². The maximum absolute atomic E-state index is 13.7. The first-order valence-electron chi connectivity index (χ1n) is 11.4. The van der Waals surface area contributed by atoms with Crippen LogP contribution in [0.3, 0.4) is 0 Å². The van der Waals surface area contributed by atoms with E-state index in [0.29, 0.717) is 22.6 Å². The Hall–Kier alpha value is -1.89. The molecule has 5 nitrogen and oxygen atoms in total. The van der Waals surface area contributed by atoms with Crippen molar-refractivity contribution in [1.29, 1.82) is 0 Å². The number of hydrogen-bond donors (Lipinski definition) is 3. The Bertz CT molecular complexity index is 989. The van der Waals surface area contributed by atoms with E-state index in [9.17, 15) is 13.5 Å². The highest BCUT2D eigenvalue weighted by molar-refractivity contribution is 7.91. The SMILES string of the molecule is CCCC[C@]1(CC)CS(=O)(=O)c2cc(CNC(C)C)c(O)cc2[C@@H](c2ccccc2)N1. The number of hydrogen-bond acceptors (Lipinski definition) is 5. The van der Waals surface area contributed by atoms with Crippen LogP contribution in [-0.2, 0) is 16.4 Å². The predicted octanol–water partition coefficient (Wildman–Crippen LogP) is 4.70. The first kappa shape index (κ1) is 23.8. The number of phenolic OH excluding ortho intramolecular Hbond substituents is 1. The lowest BCUT2D eigenvalue weighted by Gasteiger charge is -2.36. The average Bonchev–Trinajstić information content (AvgIpc) is 2.83. The fourth-order valence-corrected chi connectivity index (χ4v) is 6.57. The molecule has 1 aliphatic heterocycles. The van der Waals surface area contributed by atoms with Crippen LogP contribution < -0.4 is 10.6 Å². The molecule has 2 atom stereocenters. The number of rotatable bonds is 8. The van der Waals surface area contributed by atoms with E-state index >= 15 is 0 Å². The molecule has 31 heavy (non-hydrogen) atoms. The van der Waals surface area contributed by atoms with E-state index in [1.54, 1.807) is 12.1 Å². The summed E-state index contributed by atoms with van der Waals surface area (Å²) in [4.78, 5) is 0.332.